The number of benzene rings is 4. The predicted molar refractivity (Wildman–Crippen MR) is 145 cm³/mol. The summed E-state index contributed by atoms with van der Waals surface area (Å²) in [5.41, 5.74) is 7.37. The highest BCUT2D eigenvalue weighted by Crippen LogP contribution is 2.29. The molecule has 0 saturated heterocycles. The van der Waals surface area contributed by atoms with Gasteiger partial charge in [0.25, 0.3) is 0 Å². The van der Waals surface area contributed by atoms with Gasteiger partial charge in [-0.2, -0.15) is 0 Å². The first-order valence-corrected chi connectivity index (χ1v) is 11.8. The van der Waals surface area contributed by atoms with Crippen LogP contribution in [0.3, 0.4) is 0 Å². The normalized spacial score (nSPS) is 10.8. The van der Waals surface area contributed by atoms with Crippen LogP contribution >= 0.6 is 0 Å². The fraction of sp³-hybridized carbons (Fsp3) is 0. The van der Waals surface area contributed by atoms with E-state index in [0.717, 1.165) is 45.0 Å². The molecule has 6 rings (SSSR count). The molecule has 4 aromatic carbocycles. The minimum Gasteiger partial charge on any atom is -0.225 e. The van der Waals surface area contributed by atoms with Crippen molar-refractivity contribution in [1.29, 1.82) is 0 Å². The third-order valence-corrected chi connectivity index (χ3v) is 5.93. The molecule has 0 atom stereocenters. The van der Waals surface area contributed by atoms with E-state index in [-0.39, 0.29) is 0 Å². The average molecular weight is 463 g/mol. The first kappa shape index (κ1) is 21.6. The third-order valence-electron chi connectivity index (χ3n) is 5.93. The second-order valence-corrected chi connectivity index (χ2v) is 8.39. The molecule has 4 heteroatoms. The Bertz CT molecular complexity index is 1360. The van der Waals surface area contributed by atoms with Gasteiger partial charge in [0.15, 0.2) is 11.6 Å². The van der Waals surface area contributed by atoms with Gasteiger partial charge in [-0.15, -0.1) is 0 Å². The molecule has 0 unspecified atom stereocenters. The standard InChI is InChI=1S/C32H22N4/c1-5-13-23(14-6-1)27-21-28(24-15-7-2-8-16-24)34-31(33-27)32-35-29(25-17-9-3-10-18-25)22-30(36-32)26-19-11-4-12-20-26/h1-22H. The van der Waals surface area contributed by atoms with Gasteiger partial charge in [0.05, 0.1) is 22.8 Å². The lowest BCUT2D eigenvalue weighted by Gasteiger charge is -2.11. The molecule has 0 bridgehead atoms. The summed E-state index contributed by atoms with van der Waals surface area (Å²) < 4.78 is 0. The Labute approximate surface area is 210 Å². The van der Waals surface area contributed by atoms with Crippen molar-refractivity contribution in [3.05, 3.63) is 133 Å². The summed E-state index contributed by atoms with van der Waals surface area (Å²) in [6.07, 6.45) is 0. The van der Waals surface area contributed by atoms with Crippen molar-refractivity contribution < 1.29 is 0 Å². The Kier molecular flexibility index (Phi) is 5.83. The van der Waals surface area contributed by atoms with Gasteiger partial charge in [-0.25, -0.2) is 19.9 Å². The van der Waals surface area contributed by atoms with Gasteiger partial charge in [0.1, 0.15) is 0 Å². The van der Waals surface area contributed by atoms with E-state index in [1.54, 1.807) is 0 Å². The molecule has 0 N–H and O–H groups in total. The largest absolute Gasteiger partial charge is 0.225 e. The summed E-state index contributed by atoms with van der Waals surface area (Å²) in [5.74, 6) is 0.982. The van der Waals surface area contributed by atoms with Gasteiger partial charge in [-0.3, -0.25) is 0 Å². The molecular weight excluding hydrogens is 440 g/mol. The predicted octanol–water partition coefficient (Wildman–Crippen LogP) is 7.60. The first-order chi connectivity index (χ1) is 17.8. The van der Waals surface area contributed by atoms with Crippen molar-refractivity contribution in [2.45, 2.75) is 0 Å². The van der Waals surface area contributed by atoms with Gasteiger partial charge < -0.3 is 0 Å². The monoisotopic (exact) mass is 462 g/mol. The topological polar surface area (TPSA) is 51.6 Å². The van der Waals surface area contributed by atoms with Gasteiger partial charge in [0.2, 0.25) is 0 Å². The fourth-order valence-electron chi connectivity index (χ4n) is 4.12. The summed E-state index contributed by atoms with van der Waals surface area (Å²) >= 11 is 0. The lowest BCUT2D eigenvalue weighted by molar-refractivity contribution is 1.09. The Morgan fingerprint density at radius 1 is 0.278 bits per heavy atom. The maximum Gasteiger partial charge on any atom is 0.198 e. The van der Waals surface area contributed by atoms with E-state index in [4.69, 9.17) is 19.9 Å². The van der Waals surface area contributed by atoms with Crippen LogP contribution in [0, 0.1) is 0 Å². The summed E-state index contributed by atoms with van der Waals surface area (Å²) in [6, 6.07) is 44.6. The summed E-state index contributed by atoms with van der Waals surface area (Å²) in [4.78, 5) is 19.7. The zero-order valence-electron chi connectivity index (χ0n) is 19.5. The highest BCUT2D eigenvalue weighted by molar-refractivity contribution is 5.73. The molecule has 0 fully saturated rings. The molecule has 0 amide bonds. The number of aromatic nitrogens is 4. The molecule has 170 valence electrons. The Morgan fingerprint density at radius 2 is 0.500 bits per heavy atom. The van der Waals surface area contributed by atoms with Crippen LogP contribution in [0.1, 0.15) is 0 Å². The van der Waals surface area contributed by atoms with Gasteiger partial charge in [-0.1, -0.05) is 121 Å². The van der Waals surface area contributed by atoms with Crippen LogP contribution in [0.5, 0.6) is 0 Å². The Hall–Kier alpha value is -4.96. The zero-order valence-corrected chi connectivity index (χ0v) is 19.5. The Balaban J connectivity index is 1.58. The van der Waals surface area contributed by atoms with Crippen molar-refractivity contribution in [1.82, 2.24) is 19.9 Å². The van der Waals surface area contributed by atoms with E-state index in [9.17, 15) is 0 Å². The first-order valence-electron chi connectivity index (χ1n) is 11.8. The summed E-state index contributed by atoms with van der Waals surface area (Å²) in [7, 11) is 0. The highest BCUT2D eigenvalue weighted by atomic mass is 15.0. The number of hydrogen-bond acceptors (Lipinski definition) is 4. The molecule has 2 aromatic heterocycles. The van der Waals surface area contributed by atoms with E-state index in [1.165, 1.54) is 0 Å². The molecule has 6 aromatic rings. The van der Waals surface area contributed by atoms with Crippen LogP contribution in [0.2, 0.25) is 0 Å². The SMILES string of the molecule is c1ccc(-c2cc(-c3ccccc3)nc(-c3nc(-c4ccccc4)cc(-c4ccccc4)n3)n2)cc1. The van der Waals surface area contributed by atoms with Crippen LogP contribution in [-0.2, 0) is 0 Å². The Morgan fingerprint density at radius 3 is 0.722 bits per heavy atom. The van der Waals surface area contributed by atoms with E-state index in [1.807, 2.05) is 84.9 Å². The number of nitrogens with zero attached hydrogens (tertiary/aromatic N) is 4. The summed E-state index contributed by atoms with van der Waals surface area (Å²) in [5, 5.41) is 0. The molecular formula is C32H22N4. The lowest BCUT2D eigenvalue weighted by atomic mass is 10.1. The fourth-order valence-corrected chi connectivity index (χ4v) is 4.12. The highest BCUT2D eigenvalue weighted by Gasteiger charge is 2.16. The van der Waals surface area contributed by atoms with Crippen molar-refractivity contribution in [2.75, 3.05) is 0 Å². The van der Waals surface area contributed by atoms with E-state index < -0.39 is 0 Å². The number of hydrogen-bond donors (Lipinski definition) is 0. The van der Waals surface area contributed by atoms with Crippen LogP contribution in [-0.4, -0.2) is 19.9 Å². The second kappa shape index (κ2) is 9.72. The van der Waals surface area contributed by atoms with Crippen molar-refractivity contribution >= 4 is 0 Å². The molecule has 0 radical (unpaired) electrons. The maximum absolute atomic E-state index is 4.93. The maximum atomic E-state index is 4.93. The van der Waals surface area contributed by atoms with Crippen LogP contribution in [0.15, 0.2) is 133 Å². The van der Waals surface area contributed by atoms with Crippen molar-refractivity contribution in [2.24, 2.45) is 0 Å². The third kappa shape index (κ3) is 4.52. The van der Waals surface area contributed by atoms with Gasteiger partial charge in [0, 0.05) is 22.3 Å². The van der Waals surface area contributed by atoms with E-state index in [2.05, 4.69) is 48.5 Å². The molecule has 0 aliphatic carbocycles. The molecule has 2 heterocycles. The summed E-state index contributed by atoms with van der Waals surface area (Å²) in [6.45, 7) is 0. The zero-order chi connectivity index (χ0) is 24.2. The molecule has 36 heavy (non-hydrogen) atoms. The lowest BCUT2D eigenvalue weighted by Crippen LogP contribution is -2.01. The molecule has 0 aliphatic heterocycles. The van der Waals surface area contributed by atoms with Crippen LogP contribution < -0.4 is 0 Å². The van der Waals surface area contributed by atoms with E-state index in [0.29, 0.717) is 11.6 Å². The smallest absolute Gasteiger partial charge is 0.198 e. The minimum absolute atomic E-state index is 0.491. The minimum atomic E-state index is 0.491. The van der Waals surface area contributed by atoms with E-state index >= 15 is 0 Å². The quantitative estimate of drug-likeness (QED) is 0.265. The molecule has 0 spiro atoms. The molecule has 0 aliphatic rings. The van der Waals surface area contributed by atoms with Crippen LogP contribution in [0.25, 0.3) is 56.7 Å². The molecule has 4 nitrogen and oxygen atoms in total. The van der Waals surface area contributed by atoms with Gasteiger partial charge >= 0.3 is 0 Å². The van der Waals surface area contributed by atoms with Crippen molar-refractivity contribution in [3.8, 4) is 56.7 Å². The second-order valence-electron chi connectivity index (χ2n) is 8.39. The average Bonchev–Trinajstić information content (AvgIpc) is 2.98. The number of rotatable bonds is 5. The van der Waals surface area contributed by atoms with Crippen LogP contribution in [0.4, 0.5) is 0 Å². The van der Waals surface area contributed by atoms with Crippen molar-refractivity contribution in [3.63, 3.8) is 0 Å². The molecule has 0 saturated carbocycles. The van der Waals surface area contributed by atoms with Gasteiger partial charge in [-0.05, 0) is 12.1 Å².